The predicted molar refractivity (Wildman–Crippen MR) is 138 cm³/mol. The number of anilines is 3. The molecule has 0 aliphatic carbocycles. The Labute approximate surface area is 206 Å². The summed E-state index contributed by atoms with van der Waals surface area (Å²) in [4.78, 5) is 19.7. The molecule has 34 heavy (non-hydrogen) atoms. The van der Waals surface area contributed by atoms with E-state index in [1.807, 2.05) is 19.1 Å². The molecule has 0 fully saturated rings. The Bertz CT molecular complexity index is 1340. The van der Waals surface area contributed by atoms with E-state index in [1.54, 1.807) is 16.5 Å². The van der Waals surface area contributed by atoms with Gasteiger partial charge in [0.05, 0.1) is 12.2 Å². The highest BCUT2D eigenvalue weighted by Gasteiger charge is 2.23. The van der Waals surface area contributed by atoms with Gasteiger partial charge in [-0.2, -0.15) is 4.52 Å². The van der Waals surface area contributed by atoms with Gasteiger partial charge in [0, 0.05) is 23.2 Å². The van der Waals surface area contributed by atoms with Crippen molar-refractivity contribution in [3.8, 4) is 11.3 Å². The summed E-state index contributed by atoms with van der Waals surface area (Å²) in [6.07, 6.45) is 0. The number of likely N-dealkylation sites (N-methyl/N-ethyl adjacent to an activating group) is 1. The number of imidazole rings is 1. The van der Waals surface area contributed by atoms with Crippen LogP contribution in [-0.4, -0.2) is 39.6 Å². The van der Waals surface area contributed by atoms with E-state index in [0.717, 1.165) is 23.1 Å². The van der Waals surface area contributed by atoms with Crippen LogP contribution in [0.2, 0.25) is 5.02 Å². The molecule has 2 heterocycles. The summed E-state index contributed by atoms with van der Waals surface area (Å²) >= 11 is 7.15. The lowest BCUT2D eigenvalue weighted by Crippen LogP contribution is -2.30. The highest BCUT2D eigenvalue weighted by atomic mass is 35.5. The molecule has 2 aromatic heterocycles. The average Bonchev–Trinajstić information content (AvgIpc) is 3.29. The van der Waals surface area contributed by atoms with Crippen LogP contribution in [0.25, 0.3) is 16.2 Å². The summed E-state index contributed by atoms with van der Waals surface area (Å²) < 4.78 is 15.8. The van der Waals surface area contributed by atoms with E-state index in [0.29, 0.717) is 10.1 Å². The molecule has 0 bridgehead atoms. The normalized spacial score (nSPS) is 11.6. The van der Waals surface area contributed by atoms with Gasteiger partial charge in [-0.25, -0.2) is 9.37 Å². The number of aromatic nitrogens is 3. The number of fused-ring (bicyclic) bond motifs is 1. The number of aryl methyl sites for hydroxylation is 1. The number of hydrogen-bond acceptors (Lipinski definition) is 6. The Morgan fingerprint density at radius 2 is 1.91 bits per heavy atom. The van der Waals surface area contributed by atoms with E-state index in [1.165, 1.54) is 29.0 Å². The van der Waals surface area contributed by atoms with Gasteiger partial charge in [-0.05, 0) is 45.9 Å². The van der Waals surface area contributed by atoms with Crippen molar-refractivity contribution in [2.75, 3.05) is 29.1 Å². The molecule has 2 N–H and O–H groups in total. The average molecular weight is 501 g/mol. The lowest BCUT2D eigenvalue weighted by Gasteiger charge is -2.22. The second-order valence-electron chi connectivity index (χ2n) is 9.16. The van der Waals surface area contributed by atoms with Crippen molar-refractivity contribution in [3.63, 3.8) is 0 Å². The minimum absolute atomic E-state index is 0.00835. The third kappa shape index (κ3) is 5.31. The molecule has 7 nitrogen and oxygen atoms in total. The van der Waals surface area contributed by atoms with Crippen molar-refractivity contribution in [1.82, 2.24) is 14.6 Å². The minimum Gasteiger partial charge on any atom is -0.364 e. The maximum Gasteiger partial charge on any atom is 0.244 e. The number of hydrogen-bond donors (Lipinski definition) is 2. The fourth-order valence-electron chi connectivity index (χ4n) is 3.34. The summed E-state index contributed by atoms with van der Waals surface area (Å²) in [5.41, 5.74) is 2.85. The summed E-state index contributed by atoms with van der Waals surface area (Å²) in [6.45, 7) is 8.26. The summed E-state index contributed by atoms with van der Waals surface area (Å²) in [5, 5.41) is 11.7. The number of carbonyl (C=O) groups excluding carboxylic acids is 1. The summed E-state index contributed by atoms with van der Waals surface area (Å²) in [6, 6.07) is 12.3. The van der Waals surface area contributed by atoms with Crippen molar-refractivity contribution in [2.45, 2.75) is 33.2 Å². The van der Waals surface area contributed by atoms with Gasteiger partial charge in [0.25, 0.3) is 0 Å². The molecule has 0 atom stereocenters. The standard InChI is InChI=1S/C24H26ClFN6OS/c1-14-6-8-15(9-7-14)20-21(29-24(2,3)4)32-22(28-20)34-23(30-32)31(5)13-19(33)27-18-11-10-16(25)12-17(18)26/h6-12,29H,13H2,1-5H3,(H,27,33). The van der Waals surface area contributed by atoms with E-state index in [4.69, 9.17) is 21.7 Å². The van der Waals surface area contributed by atoms with Gasteiger partial charge >= 0.3 is 0 Å². The molecule has 4 rings (SSSR count). The Hall–Kier alpha value is -3.17. The van der Waals surface area contributed by atoms with Crippen molar-refractivity contribution in [3.05, 3.63) is 58.9 Å². The number of carbonyl (C=O) groups is 1. The lowest BCUT2D eigenvalue weighted by atomic mass is 10.1. The largest absolute Gasteiger partial charge is 0.364 e. The SMILES string of the molecule is Cc1ccc(-c2nc3sc(N(C)CC(=O)Nc4ccc(Cl)cc4F)nn3c2NC(C)(C)C)cc1. The predicted octanol–water partition coefficient (Wildman–Crippen LogP) is 5.84. The Morgan fingerprint density at radius 3 is 2.56 bits per heavy atom. The summed E-state index contributed by atoms with van der Waals surface area (Å²) in [7, 11) is 1.76. The maximum absolute atomic E-state index is 14.0. The Balaban J connectivity index is 1.59. The van der Waals surface area contributed by atoms with Gasteiger partial charge in [-0.3, -0.25) is 4.79 Å². The Kier molecular flexibility index (Phi) is 6.51. The van der Waals surface area contributed by atoms with E-state index >= 15 is 0 Å². The zero-order valence-electron chi connectivity index (χ0n) is 19.6. The highest BCUT2D eigenvalue weighted by Crippen LogP contribution is 2.34. The first-order valence-corrected chi connectivity index (χ1v) is 11.9. The van der Waals surface area contributed by atoms with Crippen molar-refractivity contribution in [1.29, 1.82) is 0 Å². The number of benzene rings is 2. The molecule has 0 aliphatic heterocycles. The van der Waals surface area contributed by atoms with E-state index in [9.17, 15) is 9.18 Å². The van der Waals surface area contributed by atoms with Crippen LogP contribution < -0.4 is 15.5 Å². The van der Waals surface area contributed by atoms with Crippen LogP contribution in [0.15, 0.2) is 42.5 Å². The molecule has 0 aliphatic rings. The van der Waals surface area contributed by atoms with Crippen LogP contribution >= 0.6 is 22.9 Å². The molecular formula is C24H26ClFN6OS. The second-order valence-corrected chi connectivity index (χ2v) is 10.5. The molecule has 1 amide bonds. The van der Waals surface area contributed by atoms with Gasteiger partial charge in [0.1, 0.15) is 11.5 Å². The lowest BCUT2D eigenvalue weighted by molar-refractivity contribution is -0.114. The third-order valence-corrected chi connectivity index (χ3v) is 6.18. The van der Waals surface area contributed by atoms with Gasteiger partial charge < -0.3 is 15.5 Å². The quantitative estimate of drug-likeness (QED) is 0.347. The molecular weight excluding hydrogens is 475 g/mol. The minimum atomic E-state index is -0.585. The Morgan fingerprint density at radius 1 is 1.21 bits per heavy atom. The highest BCUT2D eigenvalue weighted by molar-refractivity contribution is 7.20. The number of halogens is 2. The van der Waals surface area contributed by atoms with Gasteiger partial charge in [-0.1, -0.05) is 52.8 Å². The molecule has 4 aromatic rings. The zero-order valence-corrected chi connectivity index (χ0v) is 21.2. The van der Waals surface area contributed by atoms with Crippen LogP contribution in [0.5, 0.6) is 0 Å². The van der Waals surface area contributed by atoms with E-state index < -0.39 is 5.82 Å². The zero-order chi connectivity index (χ0) is 24.6. The number of nitrogens with one attached hydrogen (secondary N) is 2. The first-order chi connectivity index (χ1) is 16.0. The molecule has 10 heteroatoms. The number of amides is 1. The van der Waals surface area contributed by atoms with E-state index in [2.05, 4.69) is 43.5 Å². The molecule has 0 spiro atoms. The fourth-order valence-corrected chi connectivity index (χ4v) is 4.36. The van der Waals surface area contributed by atoms with Crippen LogP contribution in [0.3, 0.4) is 0 Å². The fraction of sp³-hybridized carbons (Fsp3) is 0.292. The first kappa shape index (κ1) is 24.0. The maximum atomic E-state index is 14.0. The third-order valence-electron chi connectivity index (χ3n) is 4.92. The smallest absolute Gasteiger partial charge is 0.244 e. The summed E-state index contributed by atoms with van der Waals surface area (Å²) in [5.74, 6) is -0.169. The van der Waals surface area contributed by atoms with Gasteiger partial charge in [0.15, 0.2) is 5.82 Å². The van der Waals surface area contributed by atoms with Crippen molar-refractivity contribution >= 4 is 50.4 Å². The van der Waals surface area contributed by atoms with Crippen LogP contribution in [0.4, 0.5) is 21.0 Å². The number of rotatable bonds is 6. The molecule has 0 saturated heterocycles. The first-order valence-electron chi connectivity index (χ1n) is 10.7. The topological polar surface area (TPSA) is 74.6 Å². The van der Waals surface area contributed by atoms with Crippen LogP contribution in [-0.2, 0) is 4.79 Å². The van der Waals surface area contributed by atoms with E-state index in [-0.39, 0.29) is 28.7 Å². The molecule has 2 aromatic carbocycles. The molecule has 0 radical (unpaired) electrons. The van der Waals surface area contributed by atoms with Crippen molar-refractivity contribution < 1.29 is 9.18 Å². The van der Waals surface area contributed by atoms with Gasteiger partial charge in [-0.15, -0.1) is 5.10 Å². The number of nitrogens with zero attached hydrogens (tertiary/aromatic N) is 4. The second kappa shape index (κ2) is 9.23. The van der Waals surface area contributed by atoms with Gasteiger partial charge in [0.2, 0.25) is 16.0 Å². The monoisotopic (exact) mass is 500 g/mol. The molecule has 0 unspecified atom stereocenters. The molecule has 178 valence electrons. The van der Waals surface area contributed by atoms with Crippen LogP contribution in [0.1, 0.15) is 26.3 Å². The van der Waals surface area contributed by atoms with Crippen LogP contribution in [0, 0.1) is 12.7 Å². The van der Waals surface area contributed by atoms with Crippen molar-refractivity contribution in [2.24, 2.45) is 0 Å². The molecule has 0 saturated carbocycles.